The van der Waals surface area contributed by atoms with Crippen LogP contribution in [0.25, 0.3) is 21.5 Å². The minimum Gasteiger partial charge on any atom is -0.497 e. The Morgan fingerprint density at radius 1 is 0.583 bits per heavy atom. The van der Waals surface area contributed by atoms with Gasteiger partial charge in [0.25, 0.3) is 0 Å². The predicted octanol–water partition coefficient (Wildman–Crippen LogP) is 7.21. The van der Waals surface area contributed by atoms with Gasteiger partial charge in [0.15, 0.2) is 0 Å². The average Bonchev–Trinajstić information content (AvgIpc) is 2.61. The Kier molecular flexibility index (Phi) is 5.54. The SMILES string of the molecule is Brc1ccc2ccccc2c1.COc1ccc2cc(Br)ccc2c1. The Labute approximate surface area is 158 Å². The summed E-state index contributed by atoms with van der Waals surface area (Å²) in [6.45, 7) is 0. The number of benzene rings is 4. The molecule has 3 heteroatoms. The van der Waals surface area contributed by atoms with E-state index in [1.807, 2.05) is 18.2 Å². The molecule has 0 aliphatic carbocycles. The molecule has 4 aromatic carbocycles. The highest BCUT2D eigenvalue weighted by Gasteiger charge is 1.96. The summed E-state index contributed by atoms with van der Waals surface area (Å²) in [7, 11) is 1.68. The Hall–Kier alpha value is -1.84. The van der Waals surface area contributed by atoms with Gasteiger partial charge in [0.05, 0.1) is 7.11 Å². The summed E-state index contributed by atoms with van der Waals surface area (Å²) < 4.78 is 7.38. The van der Waals surface area contributed by atoms with Gasteiger partial charge in [0.1, 0.15) is 5.75 Å². The highest BCUT2D eigenvalue weighted by Crippen LogP contribution is 2.23. The Bertz CT molecular complexity index is 979. The molecular formula is C21H16Br2O. The van der Waals surface area contributed by atoms with Crippen LogP contribution in [0.2, 0.25) is 0 Å². The highest BCUT2D eigenvalue weighted by atomic mass is 79.9. The highest BCUT2D eigenvalue weighted by molar-refractivity contribution is 9.10. The van der Waals surface area contributed by atoms with Gasteiger partial charge in [0.2, 0.25) is 0 Å². The molecule has 0 bridgehead atoms. The molecule has 0 unspecified atom stereocenters. The first kappa shape index (κ1) is 17.0. The number of methoxy groups -OCH3 is 1. The molecule has 0 aliphatic heterocycles. The van der Waals surface area contributed by atoms with Gasteiger partial charge in [-0.15, -0.1) is 0 Å². The molecule has 0 amide bonds. The van der Waals surface area contributed by atoms with Crippen LogP contribution in [0.15, 0.2) is 87.8 Å². The summed E-state index contributed by atoms with van der Waals surface area (Å²) in [6, 6.07) is 26.9. The van der Waals surface area contributed by atoms with Crippen molar-refractivity contribution in [2.24, 2.45) is 0 Å². The molecule has 0 heterocycles. The minimum absolute atomic E-state index is 0.898. The number of ether oxygens (including phenoxy) is 1. The monoisotopic (exact) mass is 442 g/mol. The van der Waals surface area contributed by atoms with Gasteiger partial charge < -0.3 is 4.74 Å². The lowest BCUT2D eigenvalue weighted by Crippen LogP contribution is -1.81. The van der Waals surface area contributed by atoms with E-state index in [9.17, 15) is 0 Å². The zero-order valence-corrected chi connectivity index (χ0v) is 16.3. The van der Waals surface area contributed by atoms with Crippen molar-refractivity contribution in [1.29, 1.82) is 0 Å². The van der Waals surface area contributed by atoms with Crippen LogP contribution in [0.1, 0.15) is 0 Å². The summed E-state index contributed by atoms with van der Waals surface area (Å²) >= 11 is 6.87. The van der Waals surface area contributed by atoms with Gasteiger partial charge >= 0.3 is 0 Å². The molecule has 0 atom stereocenters. The van der Waals surface area contributed by atoms with E-state index in [1.54, 1.807) is 7.11 Å². The summed E-state index contributed by atoms with van der Waals surface area (Å²) in [6.07, 6.45) is 0. The maximum absolute atomic E-state index is 5.14. The van der Waals surface area contributed by atoms with Crippen molar-refractivity contribution in [3.63, 3.8) is 0 Å². The summed E-state index contributed by atoms with van der Waals surface area (Å²) in [5, 5.41) is 4.98. The molecule has 0 N–H and O–H groups in total. The zero-order chi connectivity index (χ0) is 16.9. The predicted molar refractivity (Wildman–Crippen MR) is 110 cm³/mol. The first-order valence-electron chi connectivity index (χ1n) is 7.53. The molecule has 120 valence electrons. The van der Waals surface area contributed by atoms with Crippen LogP contribution in [0, 0.1) is 0 Å². The van der Waals surface area contributed by atoms with Gasteiger partial charge in [-0.05, 0) is 57.9 Å². The summed E-state index contributed by atoms with van der Waals surface area (Å²) in [5.74, 6) is 0.898. The van der Waals surface area contributed by atoms with E-state index in [0.29, 0.717) is 0 Å². The lowest BCUT2D eigenvalue weighted by Gasteiger charge is -2.02. The van der Waals surface area contributed by atoms with Crippen molar-refractivity contribution >= 4 is 53.4 Å². The maximum Gasteiger partial charge on any atom is 0.119 e. The molecule has 0 fully saturated rings. The quantitative estimate of drug-likeness (QED) is 0.302. The number of hydrogen-bond acceptors (Lipinski definition) is 1. The molecule has 4 aromatic rings. The van der Waals surface area contributed by atoms with Gasteiger partial charge in [-0.25, -0.2) is 0 Å². The molecular weight excluding hydrogens is 428 g/mol. The average molecular weight is 444 g/mol. The lowest BCUT2D eigenvalue weighted by molar-refractivity contribution is 0.415. The standard InChI is InChI=1S/C11H9BrO.C10H7Br/c1-13-11-5-3-8-6-10(12)4-2-9(8)7-11;11-10-6-5-8-3-1-2-4-9(8)7-10/h2-7H,1H3;1-7H. The molecule has 0 saturated heterocycles. The zero-order valence-electron chi connectivity index (χ0n) is 13.2. The first-order valence-corrected chi connectivity index (χ1v) is 9.12. The van der Waals surface area contributed by atoms with Crippen LogP contribution in [-0.2, 0) is 0 Å². The van der Waals surface area contributed by atoms with Crippen molar-refractivity contribution in [1.82, 2.24) is 0 Å². The van der Waals surface area contributed by atoms with Gasteiger partial charge in [-0.3, -0.25) is 0 Å². The molecule has 0 aliphatic rings. The van der Waals surface area contributed by atoms with E-state index in [4.69, 9.17) is 4.74 Å². The lowest BCUT2D eigenvalue weighted by atomic mass is 10.1. The van der Waals surface area contributed by atoms with Crippen LogP contribution >= 0.6 is 31.9 Å². The van der Waals surface area contributed by atoms with E-state index in [-0.39, 0.29) is 0 Å². The Morgan fingerprint density at radius 3 is 1.75 bits per heavy atom. The van der Waals surface area contributed by atoms with Crippen LogP contribution < -0.4 is 4.74 Å². The van der Waals surface area contributed by atoms with Crippen molar-refractivity contribution in [3.05, 3.63) is 87.8 Å². The van der Waals surface area contributed by atoms with Crippen LogP contribution in [0.4, 0.5) is 0 Å². The van der Waals surface area contributed by atoms with E-state index in [0.717, 1.165) is 14.7 Å². The number of fused-ring (bicyclic) bond motifs is 2. The van der Waals surface area contributed by atoms with Crippen LogP contribution in [-0.4, -0.2) is 7.11 Å². The van der Waals surface area contributed by atoms with Gasteiger partial charge in [-0.1, -0.05) is 74.3 Å². The van der Waals surface area contributed by atoms with E-state index >= 15 is 0 Å². The topological polar surface area (TPSA) is 9.23 Å². The third kappa shape index (κ3) is 4.16. The Balaban J connectivity index is 0.000000143. The van der Waals surface area contributed by atoms with E-state index in [1.165, 1.54) is 21.5 Å². The molecule has 1 nitrogen and oxygen atoms in total. The molecule has 24 heavy (non-hydrogen) atoms. The van der Waals surface area contributed by atoms with Crippen molar-refractivity contribution < 1.29 is 4.74 Å². The van der Waals surface area contributed by atoms with Gasteiger partial charge in [0, 0.05) is 8.95 Å². The number of hydrogen-bond donors (Lipinski definition) is 0. The third-order valence-corrected chi connectivity index (χ3v) is 4.71. The fourth-order valence-corrected chi connectivity index (χ4v) is 3.24. The molecule has 0 saturated carbocycles. The fraction of sp³-hybridized carbons (Fsp3) is 0.0476. The number of halogens is 2. The molecule has 0 radical (unpaired) electrons. The van der Waals surface area contributed by atoms with Crippen molar-refractivity contribution in [2.45, 2.75) is 0 Å². The second-order valence-corrected chi connectivity index (χ2v) is 7.18. The van der Waals surface area contributed by atoms with Crippen molar-refractivity contribution in [3.8, 4) is 5.75 Å². The minimum atomic E-state index is 0.898. The second-order valence-electron chi connectivity index (χ2n) is 5.35. The van der Waals surface area contributed by atoms with E-state index < -0.39 is 0 Å². The smallest absolute Gasteiger partial charge is 0.119 e. The molecule has 4 rings (SSSR count). The normalized spacial score (nSPS) is 10.3. The second kappa shape index (κ2) is 7.82. The maximum atomic E-state index is 5.14. The molecule has 0 spiro atoms. The number of rotatable bonds is 1. The van der Waals surface area contributed by atoms with Crippen LogP contribution in [0.5, 0.6) is 5.75 Å². The van der Waals surface area contributed by atoms with Gasteiger partial charge in [-0.2, -0.15) is 0 Å². The summed E-state index contributed by atoms with van der Waals surface area (Å²) in [5.41, 5.74) is 0. The third-order valence-electron chi connectivity index (χ3n) is 3.72. The fourth-order valence-electron chi connectivity index (χ4n) is 2.48. The molecule has 0 aromatic heterocycles. The largest absolute Gasteiger partial charge is 0.497 e. The first-order chi connectivity index (χ1) is 11.7. The summed E-state index contributed by atoms with van der Waals surface area (Å²) in [4.78, 5) is 0. The van der Waals surface area contributed by atoms with Crippen molar-refractivity contribution in [2.75, 3.05) is 7.11 Å². The Morgan fingerprint density at radius 2 is 1.08 bits per heavy atom. The van der Waals surface area contributed by atoms with E-state index in [2.05, 4.69) is 92.5 Å². The van der Waals surface area contributed by atoms with Crippen LogP contribution in [0.3, 0.4) is 0 Å².